The lowest BCUT2D eigenvalue weighted by Gasteiger charge is -2.16. The summed E-state index contributed by atoms with van der Waals surface area (Å²) in [7, 11) is 0. The number of aliphatic hydroxyl groups is 1. The Bertz CT molecular complexity index is 1520. The Morgan fingerprint density at radius 2 is 1.76 bits per heavy atom. The molecular formula is C28H22F4N2O3S. The molecule has 1 saturated carbocycles. The molecule has 2 heterocycles. The number of nitrogens with zero attached hydrogens (tertiary/aromatic N) is 1. The molecule has 1 aromatic heterocycles. The van der Waals surface area contributed by atoms with Crippen molar-refractivity contribution < 1.29 is 32.2 Å². The van der Waals surface area contributed by atoms with Crippen LogP contribution in [0.15, 0.2) is 60.7 Å². The number of fused-ring (bicyclic) bond motifs is 1. The fourth-order valence-corrected chi connectivity index (χ4v) is 6.16. The molecule has 1 saturated heterocycles. The van der Waals surface area contributed by atoms with E-state index in [0.717, 1.165) is 48.3 Å². The van der Waals surface area contributed by atoms with Gasteiger partial charge in [0, 0.05) is 17.4 Å². The normalized spacial score (nSPS) is 23.1. The molecule has 0 amide bonds. The molecule has 0 bridgehead atoms. The highest BCUT2D eigenvalue weighted by atomic mass is 32.1. The summed E-state index contributed by atoms with van der Waals surface area (Å²) in [4.78, 5) is 17.3. The first-order chi connectivity index (χ1) is 18.2. The van der Waals surface area contributed by atoms with E-state index in [2.05, 4.69) is 10.3 Å². The zero-order chi connectivity index (χ0) is 26.6. The average molecular weight is 543 g/mol. The summed E-state index contributed by atoms with van der Waals surface area (Å²) in [5.74, 6) is -0.651. The number of thiazole rings is 1. The molecular weight excluding hydrogens is 520 g/mol. The van der Waals surface area contributed by atoms with Gasteiger partial charge < -0.3 is 15.2 Å². The molecule has 3 aromatic carbocycles. The van der Waals surface area contributed by atoms with Crippen LogP contribution in [0.2, 0.25) is 0 Å². The third-order valence-corrected chi connectivity index (χ3v) is 8.19. The second-order valence-electron chi connectivity index (χ2n) is 9.65. The van der Waals surface area contributed by atoms with E-state index in [4.69, 9.17) is 4.74 Å². The van der Waals surface area contributed by atoms with Crippen LogP contribution in [0.25, 0.3) is 21.3 Å². The fourth-order valence-electron chi connectivity index (χ4n) is 5.24. The highest BCUT2D eigenvalue weighted by Gasteiger charge is 2.50. The van der Waals surface area contributed by atoms with Gasteiger partial charge in [-0.1, -0.05) is 48.1 Å². The van der Waals surface area contributed by atoms with Crippen molar-refractivity contribution in [2.24, 2.45) is 11.8 Å². The Hall–Kier alpha value is -3.34. The summed E-state index contributed by atoms with van der Waals surface area (Å²) in [6.07, 6.45) is -2.90. The standard InChI is InChI=1S/C28H22F4N2O3S/c29-20-12-16(8-10-21(20)33-27-34-22-11-9-17(28(30,31)32)13-23(22)38-27)14-4-6-15(7-5-14)24(35)18-2-1-3-19(18)25-26(36)37-25/h4-13,18-19,25-26,36H,1-3H2,(H,33,34)/t18-,19-,25+,26?/m1/s1. The van der Waals surface area contributed by atoms with E-state index in [1.165, 1.54) is 12.1 Å². The molecule has 1 aliphatic carbocycles. The maximum atomic E-state index is 14.9. The number of alkyl halides is 3. The first-order valence-corrected chi connectivity index (χ1v) is 13.0. The first kappa shape index (κ1) is 25.0. The molecule has 4 atom stereocenters. The van der Waals surface area contributed by atoms with Crippen LogP contribution in [0.1, 0.15) is 35.2 Å². The van der Waals surface area contributed by atoms with E-state index < -0.39 is 23.8 Å². The number of halogens is 4. The van der Waals surface area contributed by atoms with Crippen molar-refractivity contribution in [2.75, 3.05) is 5.32 Å². The van der Waals surface area contributed by atoms with Crippen LogP contribution in [0.5, 0.6) is 0 Å². The number of nitrogens with one attached hydrogen (secondary N) is 1. The van der Waals surface area contributed by atoms with E-state index in [1.54, 1.807) is 36.4 Å². The molecule has 10 heteroatoms. The van der Waals surface area contributed by atoms with Crippen LogP contribution in [0.4, 0.5) is 28.4 Å². The summed E-state index contributed by atoms with van der Waals surface area (Å²) in [6.45, 7) is 0. The van der Waals surface area contributed by atoms with Crippen LogP contribution in [0.3, 0.4) is 0 Å². The largest absolute Gasteiger partial charge is 0.416 e. The minimum Gasteiger partial charge on any atom is -0.366 e. The van der Waals surface area contributed by atoms with Crippen molar-refractivity contribution in [3.8, 4) is 11.1 Å². The Morgan fingerprint density at radius 3 is 2.45 bits per heavy atom. The number of benzene rings is 3. The van der Waals surface area contributed by atoms with E-state index in [-0.39, 0.29) is 34.5 Å². The zero-order valence-corrected chi connectivity index (χ0v) is 20.7. The van der Waals surface area contributed by atoms with Gasteiger partial charge in [0.25, 0.3) is 0 Å². The van der Waals surface area contributed by atoms with Crippen molar-refractivity contribution in [2.45, 2.75) is 37.8 Å². The number of hydrogen-bond donors (Lipinski definition) is 2. The predicted octanol–water partition coefficient (Wildman–Crippen LogP) is 7.18. The van der Waals surface area contributed by atoms with Crippen LogP contribution < -0.4 is 5.32 Å². The Balaban J connectivity index is 1.16. The van der Waals surface area contributed by atoms with Crippen molar-refractivity contribution >= 4 is 38.2 Å². The number of aliphatic hydroxyl groups excluding tert-OH is 1. The SMILES string of the molecule is O=C(c1ccc(-c2ccc(Nc3nc4ccc(C(F)(F)F)cc4s3)c(F)c2)cc1)[C@@H]1CCC[C@H]1[C@@H]1OC1O. The Labute approximate surface area is 219 Å². The number of carbonyl (C=O) groups is 1. The minimum absolute atomic E-state index is 0.0330. The lowest BCUT2D eigenvalue weighted by molar-refractivity contribution is -0.137. The summed E-state index contributed by atoms with van der Waals surface area (Å²) < 4.78 is 59.4. The number of Topliss-reactive ketones (excluding diaryl/α,β-unsaturated/α-hetero) is 1. The lowest BCUT2D eigenvalue weighted by atomic mass is 9.86. The molecule has 0 radical (unpaired) electrons. The number of ketones is 1. The summed E-state index contributed by atoms with van der Waals surface area (Å²) >= 11 is 1.01. The molecule has 5 nitrogen and oxygen atoms in total. The maximum Gasteiger partial charge on any atom is 0.416 e. The number of epoxide rings is 1. The number of anilines is 2. The zero-order valence-electron chi connectivity index (χ0n) is 19.8. The highest BCUT2D eigenvalue weighted by Crippen LogP contribution is 2.44. The lowest BCUT2D eigenvalue weighted by Crippen LogP contribution is -2.24. The number of aromatic nitrogens is 1. The summed E-state index contributed by atoms with van der Waals surface area (Å²) in [6, 6.07) is 14.9. The molecule has 196 valence electrons. The summed E-state index contributed by atoms with van der Waals surface area (Å²) in [5, 5.41) is 12.7. The molecule has 2 fully saturated rings. The van der Waals surface area contributed by atoms with Gasteiger partial charge in [-0.15, -0.1) is 0 Å². The van der Waals surface area contributed by atoms with E-state index in [1.807, 2.05) is 0 Å². The smallest absolute Gasteiger partial charge is 0.366 e. The van der Waals surface area contributed by atoms with Crippen molar-refractivity contribution in [3.05, 3.63) is 77.6 Å². The van der Waals surface area contributed by atoms with Crippen molar-refractivity contribution in [3.63, 3.8) is 0 Å². The Morgan fingerprint density at radius 1 is 1.03 bits per heavy atom. The van der Waals surface area contributed by atoms with E-state index >= 15 is 0 Å². The van der Waals surface area contributed by atoms with Gasteiger partial charge in [0.05, 0.1) is 21.5 Å². The second-order valence-corrected chi connectivity index (χ2v) is 10.7. The van der Waals surface area contributed by atoms with Gasteiger partial charge >= 0.3 is 6.18 Å². The number of rotatable bonds is 6. The van der Waals surface area contributed by atoms with Crippen LogP contribution in [-0.2, 0) is 10.9 Å². The number of carbonyl (C=O) groups excluding carboxylic acids is 1. The van der Waals surface area contributed by atoms with Crippen LogP contribution >= 0.6 is 11.3 Å². The predicted molar refractivity (Wildman–Crippen MR) is 136 cm³/mol. The van der Waals surface area contributed by atoms with Gasteiger partial charge in [-0.3, -0.25) is 4.79 Å². The highest BCUT2D eigenvalue weighted by molar-refractivity contribution is 7.22. The molecule has 1 unspecified atom stereocenters. The minimum atomic E-state index is -4.45. The third kappa shape index (κ3) is 4.79. The average Bonchev–Trinajstić information content (AvgIpc) is 3.27. The first-order valence-electron chi connectivity index (χ1n) is 12.2. The molecule has 2 N–H and O–H groups in total. The quantitative estimate of drug-likeness (QED) is 0.153. The molecule has 1 aliphatic heterocycles. The Kier molecular flexibility index (Phi) is 6.20. The van der Waals surface area contributed by atoms with Crippen molar-refractivity contribution in [1.82, 2.24) is 4.98 Å². The van der Waals surface area contributed by atoms with Gasteiger partial charge in [-0.25, -0.2) is 9.37 Å². The van der Waals surface area contributed by atoms with Gasteiger partial charge in [0.15, 0.2) is 17.2 Å². The summed E-state index contributed by atoms with van der Waals surface area (Å²) in [5.41, 5.74) is 1.69. The van der Waals surface area contributed by atoms with Crippen LogP contribution in [0, 0.1) is 17.7 Å². The molecule has 4 aromatic rings. The van der Waals surface area contributed by atoms with Crippen LogP contribution in [-0.4, -0.2) is 28.3 Å². The fraction of sp³-hybridized carbons (Fsp3) is 0.286. The topological polar surface area (TPSA) is 74.8 Å². The molecule has 2 aliphatic rings. The van der Waals surface area contributed by atoms with Gasteiger partial charge in [0.1, 0.15) is 11.9 Å². The molecule has 0 spiro atoms. The number of hydrogen-bond acceptors (Lipinski definition) is 6. The van der Waals surface area contributed by atoms with Gasteiger partial charge in [-0.2, -0.15) is 13.2 Å². The van der Waals surface area contributed by atoms with Gasteiger partial charge in [-0.05, 0) is 54.3 Å². The van der Waals surface area contributed by atoms with Crippen molar-refractivity contribution in [1.29, 1.82) is 0 Å². The number of ether oxygens (including phenoxy) is 1. The third-order valence-electron chi connectivity index (χ3n) is 7.26. The second kappa shape index (κ2) is 9.44. The van der Waals surface area contributed by atoms with Gasteiger partial charge in [0.2, 0.25) is 0 Å². The monoisotopic (exact) mass is 542 g/mol. The molecule has 6 rings (SSSR count). The maximum absolute atomic E-state index is 14.9. The van der Waals surface area contributed by atoms with E-state index in [9.17, 15) is 27.5 Å². The van der Waals surface area contributed by atoms with E-state index in [0.29, 0.717) is 21.3 Å². The molecule has 38 heavy (non-hydrogen) atoms.